The summed E-state index contributed by atoms with van der Waals surface area (Å²) in [6, 6.07) is 31.2. The van der Waals surface area contributed by atoms with Crippen molar-refractivity contribution in [1.29, 1.82) is 0 Å². The molecule has 0 saturated heterocycles. The molecule has 0 spiro atoms. The van der Waals surface area contributed by atoms with Crippen LogP contribution in [-0.4, -0.2) is 37.3 Å². The van der Waals surface area contributed by atoms with Crippen LogP contribution in [0.15, 0.2) is 95.6 Å². The number of pyridine rings is 1. The Morgan fingerprint density at radius 1 is 0.465 bits per heavy atom. The number of aromatic nitrogens is 1. The first-order chi connectivity index (χ1) is 19.7. The lowest BCUT2D eigenvalue weighted by atomic mass is 10.1. The summed E-state index contributed by atoms with van der Waals surface area (Å²) in [5.74, 6) is 0.604. The molecule has 0 radical (unpaired) electrons. The molecule has 0 aliphatic rings. The lowest BCUT2D eigenvalue weighted by Crippen LogP contribution is -2.37. The van der Waals surface area contributed by atoms with E-state index < -0.39 is 32.3 Å². The molecule has 4 aromatic rings. The van der Waals surface area contributed by atoms with Crippen molar-refractivity contribution in [3.63, 3.8) is 0 Å². The molecular weight excluding hydrogens is 653 g/mol. The number of nitrogens with two attached hydrogens (primary N) is 1. The van der Waals surface area contributed by atoms with E-state index in [4.69, 9.17) is 5.73 Å². The Bertz CT molecular complexity index is 1280. The molecule has 3 aromatic carbocycles. The molecule has 7 heteroatoms. The van der Waals surface area contributed by atoms with Crippen molar-refractivity contribution in [3.05, 3.63) is 107 Å². The highest BCUT2D eigenvalue weighted by atomic mass is 79.9. The summed E-state index contributed by atoms with van der Waals surface area (Å²) in [6.07, 6.45) is 2.93. The second-order valence-corrected chi connectivity index (χ2v) is 36.8. The Hall–Kier alpha value is -2.04. The maximum absolute atomic E-state index is 5.47. The van der Waals surface area contributed by atoms with E-state index in [2.05, 4.69) is 178 Å². The summed E-state index contributed by atoms with van der Waals surface area (Å²) in [5.41, 5.74) is 8.30. The van der Waals surface area contributed by atoms with Crippen LogP contribution in [0.1, 0.15) is 11.1 Å². The molecule has 1 aromatic heterocycles. The van der Waals surface area contributed by atoms with E-state index in [-0.39, 0.29) is 0 Å². The highest BCUT2D eigenvalue weighted by molar-refractivity contribution is 9.10. The fourth-order valence-electron chi connectivity index (χ4n) is 4.28. The van der Waals surface area contributed by atoms with Gasteiger partial charge in [-0.1, -0.05) is 177 Å². The minimum Gasteiger partial charge on any atom is -0.384 e. The Labute approximate surface area is 275 Å². The van der Waals surface area contributed by atoms with E-state index in [1.807, 2.05) is 12.3 Å². The van der Waals surface area contributed by atoms with Gasteiger partial charge in [0.15, 0.2) is 0 Å². The average Bonchev–Trinajstić information content (AvgIpc) is 2.88. The van der Waals surface area contributed by atoms with Gasteiger partial charge in [-0.15, -0.1) is 0 Å². The van der Waals surface area contributed by atoms with Crippen LogP contribution in [-0.2, 0) is 6.42 Å². The molecule has 0 fully saturated rings. The zero-order chi connectivity index (χ0) is 32.6. The fraction of sp³-hybridized carbons (Fsp3) is 0.361. The number of rotatable bonds is 6. The van der Waals surface area contributed by atoms with Crippen LogP contribution in [0.25, 0.3) is 0 Å². The first-order valence-corrected chi connectivity index (χ1v) is 30.1. The summed E-state index contributed by atoms with van der Waals surface area (Å²) in [5, 5.41) is 5.95. The standard InChI is InChI=1S/C19H28Si2.C9H13BrSi.C8H14N2Si/c1-20(2,3)18-11-7-16(8-12-18)15-17-9-13-19(14-10-17)21(4,5)6;1-11(2,3)9-6-4-8(10)5-7-9;1-11(2,3)7-4-5-8(9)10-6-7/h7-14H,15H2,1-6H3;4-7H,1-3H3;4-6H,1-3H3,(H2,9,10). The van der Waals surface area contributed by atoms with Crippen molar-refractivity contribution in [2.75, 3.05) is 5.73 Å². The van der Waals surface area contributed by atoms with E-state index in [9.17, 15) is 0 Å². The molecule has 0 aliphatic heterocycles. The van der Waals surface area contributed by atoms with Crippen LogP contribution in [0.3, 0.4) is 0 Å². The Kier molecular flexibility index (Phi) is 13.2. The zero-order valence-corrected chi connectivity index (χ0v) is 34.4. The van der Waals surface area contributed by atoms with Crippen LogP contribution in [0.2, 0.25) is 78.6 Å². The van der Waals surface area contributed by atoms with Gasteiger partial charge in [0.2, 0.25) is 0 Å². The van der Waals surface area contributed by atoms with E-state index in [0.29, 0.717) is 5.82 Å². The molecule has 0 aliphatic carbocycles. The predicted molar refractivity (Wildman–Crippen MR) is 210 cm³/mol. The van der Waals surface area contributed by atoms with Crippen LogP contribution in [0.4, 0.5) is 5.82 Å². The summed E-state index contributed by atoms with van der Waals surface area (Å²) in [7, 11) is -4.60. The summed E-state index contributed by atoms with van der Waals surface area (Å²) >= 11 is 3.43. The molecule has 0 amide bonds. The second kappa shape index (κ2) is 15.3. The Balaban J connectivity index is 0.000000247. The monoisotopic (exact) mass is 706 g/mol. The molecule has 232 valence electrons. The molecule has 0 bridgehead atoms. The Morgan fingerprint density at radius 2 is 0.767 bits per heavy atom. The minimum absolute atomic E-state index is 0.604. The van der Waals surface area contributed by atoms with Gasteiger partial charge in [-0.05, 0) is 40.9 Å². The second-order valence-electron chi connectivity index (χ2n) is 15.5. The zero-order valence-electron chi connectivity index (χ0n) is 28.8. The van der Waals surface area contributed by atoms with Gasteiger partial charge >= 0.3 is 0 Å². The molecule has 4 rings (SSSR count). The normalized spacial score (nSPS) is 12.0. The van der Waals surface area contributed by atoms with Crippen LogP contribution in [0, 0.1) is 0 Å². The van der Waals surface area contributed by atoms with Crippen molar-refractivity contribution in [2.24, 2.45) is 0 Å². The highest BCUT2D eigenvalue weighted by Gasteiger charge is 2.18. The van der Waals surface area contributed by atoms with E-state index >= 15 is 0 Å². The van der Waals surface area contributed by atoms with Crippen LogP contribution in [0.5, 0.6) is 0 Å². The minimum atomic E-state index is -1.17. The van der Waals surface area contributed by atoms with Gasteiger partial charge < -0.3 is 5.73 Å². The average molecular weight is 708 g/mol. The Morgan fingerprint density at radius 3 is 1.05 bits per heavy atom. The van der Waals surface area contributed by atoms with Crippen molar-refractivity contribution in [1.82, 2.24) is 4.98 Å². The van der Waals surface area contributed by atoms with E-state index in [1.54, 1.807) is 10.4 Å². The van der Waals surface area contributed by atoms with Crippen molar-refractivity contribution >= 4 is 74.8 Å². The third-order valence-corrected chi connectivity index (χ3v) is 16.2. The molecule has 1 heterocycles. The van der Waals surface area contributed by atoms with Gasteiger partial charge in [0, 0.05) is 10.7 Å². The first-order valence-electron chi connectivity index (χ1n) is 15.3. The molecular formula is C36H55BrN2Si4. The van der Waals surface area contributed by atoms with Gasteiger partial charge in [0.1, 0.15) is 5.82 Å². The first kappa shape index (κ1) is 37.1. The van der Waals surface area contributed by atoms with Crippen molar-refractivity contribution < 1.29 is 0 Å². The van der Waals surface area contributed by atoms with E-state index in [1.165, 1.54) is 26.0 Å². The maximum Gasteiger partial charge on any atom is 0.123 e. The fourth-order valence-corrected chi connectivity index (χ4v) is 9.08. The molecule has 0 atom stereocenters. The topological polar surface area (TPSA) is 38.9 Å². The number of hydrogen-bond acceptors (Lipinski definition) is 2. The summed E-state index contributed by atoms with van der Waals surface area (Å²) in [4.78, 5) is 4.06. The number of hydrogen-bond donors (Lipinski definition) is 1. The third-order valence-electron chi connectivity index (χ3n) is 7.41. The van der Waals surface area contributed by atoms with Crippen molar-refractivity contribution in [3.8, 4) is 0 Å². The van der Waals surface area contributed by atoms with Crippen LogP contribution >= 0.6 is 15.9 Å². The summed E-state index contributed by atoms with van der Waals surface area (Å²) in [6.45, 7) is 28.3. The molecule has 0 saturated carbocycles. The largest absolute Gasteiger partial charge is 0.384 e. The van der Waals surface area contributed by atoms with Gasteiger partial charge in [-0.25, -0.2) is 4.98 Å². The molecule has 43 heavy (non-hydrogen) atoms. The highest BCUT2D eigenvalue weighted by Crippen LogP contribution is 2.12. The molecule has 0 unspecified atom stereocenters. The third kappa shape index (κ3) is 13.2. The lowest BCUT2D eigenvalue weighted by molar-refractivity contribution is 1.20. The molecule has 2 N–H and O–H groups in total. The van der Waals surface area contributed by atoms with E-state index in [0.717, 1.165) is 6.42 Å². The number of anilines is 1. The predicted octanol–water partition coefficient (Wildman–Crippen LogP) is 8.57. The maximum atomic E-state index is 5.47. The van der Waals surface area contributed by atoms with Gasteiger partial charge in [-0.3, -0.25) is 0 Å². The SMILES string of the molecule is C[Si](C)(C)c1ccc(Br)cc1.C[Si](C)(C)c1ccc(Cc2ccc([Si](C)(C)C)cc2)cc1.C[Si](C)(C)c1ccc(N)nc1. The number of nitrogen functional groups attached to an aromatic ring is 1. The smallest absolute Gasteiger partial charge is 0.123 e. The van der Waals surface area contributed by atoms with Gasteiger partial charge in [0.05, 0.1) is 32.3 Å². The van der Waals surface area contributed by atoms with Gasteiger partial charge in [-0.2, -0.15) is 0 Å². The summed E-state index contributed by atoms with van der Waals surface area (Å²) < 4.78 is 1.17. The molecule has 2 nitrogen and oxygen atoms in total. The number of halogens is 1. The van der Waals surface area contributed by atoms with Gasteiger partial charge in [0.25, 0.3) is 0 Å². The van der Waals surface area contributed by atoms with Crippen LogP contribution < -0.4 is 26.5 Å². The lowest BCUT2D eigenvalue weighted by Gasteiger charge is -2.17. The number of benzene rings is 3. The quantitative estimate of drug-likeness (QED) is 0.204. The van der Waals surface area contributed by atoms with Crippen molar-refractivity contribution in [2.45, 2.75) is 85.0 Å². The number of nitrogens with zero attached hydrogens (tertiary/aromatic N) is 1.